The largest absolute Gasteiger partial charge is 0.314 e. The van der Waals surface area contributed by atoms with E-state index < -0.39 is 0 Å². The average molecular weight is 261 g/mol. The van der Waals surface area contributed by atoms with Crippen molar-refractivity contribution in [2.45, 2.75) is 45.6 Å². The number of rotatable bonds is 7. The van der Waals surface area contributed by atoms with Crippen molar-refractivity contribution in [2.24, 2.45) is 0 Å². The first-order valence-corrected chi connectivity index (χ1v) is 7.87. The second kappa shape index (κ2) is 6.91. The molecule has 0 fully saturated rings. The monoisotopic (exact) mass is 261 g/mol. The molecule has 2 rings (SSSR count). The van der Waals surface area contributed by atoms with Gasteiger partial charge in [-0.05, 0) is 61.5 Å². The molecule has 0 aliphatic rings. The lowest BCUT2D eigenvalue weighted by atomic mass is 10.0. The van der Waals surface area contributed by atoms with Crippen LogP contribution >= 0.6 is 11.3 Å². The van der Waals surface area contributed by atoms with Crippen LogP contribution in [0.25, 0.3) is 10.1 Å². The fourth-order valence-corrected chi connectivity index (χ4v) is 3.32. The zero-order chi connectivity index (χ0) is 12.8. The third-order valence-electron chi connectivity index (χ3n) is 3.39. The highest BCUT2D eigenvalue weighted by molar-refractivity contribution is 7.17. The topological polar surface area (TPSA) is 12.0 Å². The van der Waals surface area contributed by atoms with Crippen molar-refractivity contribution < 1.29 is 0 Å². The number of fused-ring (bicyclic) bond motifs is 1. The van der Waals surface area contributed by atoms with Crippen LogP contribution in [0.4, 0.5) is 0 Å². The summed E-state index contributed by atoms with van der Waals surface area (Å²) in [5.41, 5.74) is 1.53. The molecule has 2 heteroatoms. The molecule has 98 valence electrons. The lowest BCUT2D eigenvalue weighted by Crippen LogP contribution is -2.26. The molecular weight excluding hydrogens is 238 g/mol. The fraction of sp³-hybridized carbons (Fsp3) is 0.500. The van der Waals surface area contributed by atoms with Gasteiger partial charge >= 0.3 is 0 Å². The van der Waals surface area contributed by atoms with E-state index in [2.05, 4.69) is 48.8 Å². The van der Waals surface area contributed by atoms with E-state index in [1.165, 1.54) is 41.3 Å². The molecule has 1 nitrogen and oxygen atoms in total. The van der Waals surface area contributed by atoms with E-state index in [0.29, 0.717) is 6.04 Å². The summed E-state index contributed by atoms with van der Waals surface area (Å²) in [6.07, 6.45) is 4.98. The van der Waals surface area contributed by atoms with Gasteiger partial charge in [-0.15, -0.1) is 11.3 Å². The minimum Gasteiger partial charge on any atom is -0.314 e. The van der Waals surface area contributed by atoms with E-state index in [4.69, 9.17) is 0 Å². The maximum absolute atomic E-state index is 3.55. The van der Waals surface area contributed by atoms with Crippen molar-refractivity contribution in [3.05, 3.63) is 35.2 Å². The first-order valence-electron chi connectivity index (χ1n) is 6.99. The zero-order valence-corrected chi connectivity index (χ0v) is 12.2. The van der Waals surface area contributed by atoms with Gasteiger partial charge in [0, 0.05) is 10.7 Å². The van der Waals surface area contributed by atoms with Gasteiger partial charge in [0.1, 0.15) is 0 Å². The Kier molecular flexibility index (Phi) is 5.21. The lowest BCUT2D eigenvalue weighted by molar-refractivity contribution is 0.499. The van der Waals surface area contributed by atoms with E-state index >= 15 is 0 Å². The van der Waals surface area contributed by atoms with Crippen LogP contribution in [-0.2, 0) is 6.42 Å². The molecule has 18 heavy (non-hydrogen) atoms. The fourth-order valence-electron chi connectivity index (χ4n) is 2.32. The van der Waals surface area contributed by atoms with E-state index in [9.17, 15) is 0 Å². The summed E-state index contributed by atoms with van der Waals surface area (Å²) in [5, 5.41) is 7.34. The van der Waals surface area contributed by atoms with Crippen LogP contribution in [-0.4, -0.2) is 12.6 Å². The number of hydrogen-bond donors (Lipinski definition) is 1. The Morgan fingerprint density at radius 3 is 2.94 bits per heavy atom. The summed E-state index contributed by atoms with van der Waals surface area (Å²) >= 11 is 1.87. The van der Waals surface area contributed by atoms with Gasteiger partial charge in [-0.1, -0.05) is 25.1 Å². The summed E-state index contributed by atoms with van der Waals surface area (Å²) in [5.74, 6) is 0. The SMILES string of the molecule is CCCNC(C)CCCc1csc2ccccc12. The van der Waals surface area contributed by atoms with Gasteiger partial charge < -0.3 is 5.32 Å². The first-order chi connectivity index (χ1) is 8.81. The van der Waals surface area contributed by atoms with E-state index in [-0.39, 0.29) is 0 Å². The van der Waals surface area contributed by atoms with Crippen molar-refractivity contribution >= 4 is 21.4 Å². The van der Waals surface area contributed by atoms with Crippen molar-refractivity contribution in [1.82, 2.24) is 5.32 Å². The number of benzene rings is 1. The highest BCUT2D eigenvalue weighted by Crippen LogP contribution is 2.26. The number of nitrogens with one attached hydrogen (secondary N) is 1. The molecule has 0 amide bonds. The predicted molar refractivity (Wildman–Crippen MR) is 82.5 cm³/mol. The van der Waals surface area contributed by atoms with Gasteiger partial charge in [0.15, 0.2) is 0 Å². The quantitative estimate of drug-likeness (QED) is 0.767. The maximum Gasteiger partial charge on any atom is 0.0345 e. The van der Waals surface area contributed by atoms with E-state index in [1.807, 2.05) is 11.3 Å². The molecule has 1 aromatic carbocycles. The normalized spacial score (nSPS) is 13.0. The average Bonchev–Trinajstić information content (AvgIpc) is 2.80. The maximum atomic E-state index is 3.55. The predicted octanol–water partition coefficient (Wildman–Crippen LogP) is 4.61. The van der Waals surface area contributed by atoms with Crippen LogP contribution < -0.4 is 5.32 Å². The molecule has 1 atom stereocenters. The van der Waals surface area contributed by atoms with Crippen molar-refractivity contribution in [3.8, 4) is 0 Å². The molecule has 1 aromatic heterocycles. The molecular formula is C16H23NS. The summed E-state index contributed by atoms with van der Waals surface area (Å²) < 4.78 is 1.42. The molecule has 0 saturated heterocycles. The van der Waals surface area contributed by atoms with Gasteiger partial charge in [-0.2, -0.15) is 0 Å². The Hall–Kier alpha value is -0.860. The summed E-state index contributed by atoms with van der Waals surface area (Å²) in [6.45, 7) is 5.65. The molecule has 0 bridgehead atoms. The van der Waals surface area contributed by atoms with Gasteiger partial charge in [0.25, 0.3) is 0 Å². The van der Waals surface area contributed by atoms with Gasteiger partial charge in [-0.25, -0.2) is 0 Å². The van der Waals surface area contributed by atoms with Crippen LogP contribution in [0.3, 0.4) is 0 Å². The molecule has 1 heterocycles. The Labute approximate surface area is 114 Å². The van der Waals surface area contributed by atoms with E-state index in [0.717, 1.165) is 6.54 Å². The molecule has 0 radical (unpaired) electrons. The molecule has 0 aliphatic carbocycles. The third kappa shape index (κ3) is 3.56. The molecule has 0 saturated carbocycles. The summed E-state index contributed by atoms with van der Waals surface area (Å²) in [6, 6.07) is 9.38. The number of hydrogen-bond acceptors (Lipinski definition) is 2. The van der Waals surface area contributed by atoms with Gasteiger partial charge in [0.05, 0.1) is 0 Å². The highest BCUT2D eigenvalue weighted by atomic mass is 32.1. The number of aryl methyl sites for hydroxylation is 1. The van der Waals surface area contributed by atoms with Gasteiger partial charge in [-0.3, -0.25) is 0 Å². The number of thiophene rings is 1. The minimum absolute atomic E-state index is 0.648. The summed E-state index contributed by atoms with van der Waals surface area (Å²) in [7, 11) is 0. The molecule has 1 N–H and O–H groups in total. The Morgan fingerprint density at radius 2 is 2.11 bits per heavy atom. The Bertz CT molecular complexity index is 475. The van der Waals surface area contributed by atoms with Crippen molar-refractivity contribution in [2.75, 3.05) is 6.54 Å². The lowest BCUT2D eigenvalue weighted by Gasteiger charge is -2.12. The highest BCUT2D eigenvalue weighted by Gasteiger charge is 2.05. The molecule has 1 unspecified atom stereocenters. The van der Waals surface area contributed by atoms with Crippen LogP contribution in [0, 0.1) is 0 Å². The summed E-state index contributed by atoms with van der Waals surface area (Å²) in [4.78, 5) is 0. The standard InChI is InChI=1S/C16H23NS/c1-3-11-17-13(2)7-6-8-14-12-18-16-10-5-4-9-15(14)16/h4-5,9-10,12-13,17H,3,6-8,11H2,1-2H3. The van der Waals surface area contributed by atoms with Gasteiger partial charge in [0.2, 0.25) is 0 Å². The first kappa shape index (κ1) is 13.6. The smallest absolute Gasteiger partial charge is 0.0345 e. The minimum atomic E-state index is 0.648. The van der Waals surface area contributed by atoms with Crippen LogP contribution in [0.1, 0.15) is 38.7 Å². The third-order valence-corrected chi connectivity index (χ3v) is 4.40. The Balaban J connectivity index is 1.83. The second-order valence-electron chi connectivity index (χ2n) is 5.00. The van der Waals surface area contributed by atoms with Crippen molar-refractivity contribution in [1.29, 1.82) is 0 Å². The molecule has 0 aliphatic heterocycles. The molecule has 0 spiro atoms. The second-order valence-corrected chi connectivity index (χ2v) is 5.92. The molecule has 2 aromatic rings. The zero-order valence-electron chi connectivity index (χ0n) is 11.4. The van der Waals surface area contributed by atoms with Crippen LogP contribution in [0.5, 0.6) is 0 Å². The van der Waals surface area contributed by atoms with Crippen LogP contribution in [0.2, 0.25) is 0 Å². The Morgan fingerprint density at radius 1 is 1.28 bits per heavy atom. The van der Waals surface area contributed by atoms with Crippen molar-refractivity contribution in [3.63, 3.8) is 0 Å². The van der Waals surface area contributed by atoms with Crippen LogP contribution in [0.15, 0.2) is 29.6 Å². The van der Waals surface area contributed by atoms with E-state index in [1.54, 1.807) is 0 Å².